The first-order chi connectivity index (χ1) is 5.52. The number of aliphatic hydroxyl groups excluding tert-OH is 1. The third-order valence-corrected chi connectivity index (χ3v) is 2.54. The molecule has 4 heteroatoms. The van der Waals surface area contributed by atoms with Crippen molar-refractivity contribution in [3.63, 3.8) is 0 Å². The van der Waals surface area contributed by atoms with E-state index in [1.807, 2.05) is 0 Å². The Labute approximate surface area is 89.4 Å². The van der Waals surface area contributed by atoms with Gasteiger partial charge in [0.25, 0.3) is 0 Å². The molecule has 1 aromatic rings. The maximum atomic E-state index is 9.29. The van der Waals surface area contributed by atoms with Gasteiger partial charge in [-0.3, -0.25) is 0 Å². The molecule has 1 nitrogen and oxygen atoms in total. The average molecular weight is 270 g/mol. The summed E-state index contributed by atoms with van der Waals surface area (Å²) < 4.78 is 0.807. The summed E-state index contributed by atoms with van der Waals surface area (Å²) in [5.41, 5.74) is 0.571. The molecule has 0 heterocycles. The van der Waals surface area contributed by atoms with Gasteiger partial charge in [-0.25, -0.2) is 0 Å². The van der Waals surface area contributed by atoms with E-state index in [4.69, 9.17) is 23.2 Å². The van der Waals surface area contributed by atoms with Gasteiger partial charge in [-0.1, -0.05) is 39.1 Å². The van der Waals surface area contributed by atoms with E-state index in [0.717, 1.165) is 4.47 Å². The molecule has 0 aliphatic heterocycles. The molecule has 0 aliphatic rings. The molecule has 12 heavy (non-hydrogen) atoms. The lowest BCUT2D eigenvalue weighted by molar-refractivity contribution is 0.199. The average Bonchev–Trinajstić information content (AvgIpc) is 1.82. The summed E-state index contributed by atoms with van der Waals surface area (Å²) in [4.78, 5) is 0. The molecule has 1 atom stereocenters. The molecule has 0 spiro atoms. The molecular formula is C8H7BrCl2O. The molecule has 0 radical (unpaired) electrons. The lowest BCUT2D eigenvalue weighted by Crippen LogP contribution is -1.93. The van der Waals surface area contributed by atoms with Crippen LogP contribution in [0.2, 0.25) is 10.0 Å². The zero-order valence-electron chi connectivity index (χ0n) is 6.31. The Bertz CT molecular complexity index is 276. The molecule has 0 saturated carbocycles. The Morgan fingerprint density at radius 3 is 2.08 bits per heavy atom. The fourth-order valence-corrected chi connectivity index (χ4v) is 2.48. The molecule has 0 bridgehead atoms. The molecule has 0 fully saturated rings. The topological polar surface area (TPSA) is 20.2 Å². The molecule has 1 unspecified atom stereocenters. The smallest absolute Gasteiger partial charge is 0.0791 e. The highest BCUT2D eigenvalue weighted by molar-refractivity contribution is 9.10. The second-order valence-corrected chi connectivity index (χ2v) is 4.19. The van der Waals surface area contributed by atoms with Gasteiger partial charge in [0, 0.05) is 20.1 Å². The Hall–Kier alpha value is 0.240. The number of aliphatic hydroxyl groups is 1. The van der Waals surface area contributed by atoms with E-state index in [1.54, 1.807) is 19.1 Å². The Kier molecular flexibility index (Phi) is 3.41. The zero-order valence-corrected chi connectivity index (χ0v) is 9.41. The molecule has 1 aromatic carbocycles. The largest absolute Gasteiger partial charge is 0.389 e. The van der Waals surface area contributed by atoms with Crippen LogP contribution in [0.5, 0.6) is 0 Å². The maximum Gasteiger partial charge on any atom is 0.0791 e. The monoisotopic (exact) mass is 268 g/mol. The Balaban J connectivity index is 3.28. The van der Waals surface area contributed by atoms with Gasteiger partial charge in [-0.2, -0.15) is 0 Å². The third-order valence-electron chi connectivity index (χ3n) is 1.46. The van der Waals surface area contributed by atoms with Crippen molar-refractivity contribution >= 4 is 39.1 Å². The lowest BCUT2D eigenvalue weighted by Gasteiger charge is -2.09. The second kappa shape index (κ2) is 3.97. The SMILES string of the molecule is CC(O)c1c(Cl)cc(Br)cc1Cl. The fourth-order valence-electron chi connectivity index (χ4n) is 0.952. The third kappa shape index (κ3) is 2.13. The molecule has 1 rings (SSSR count). The van der Waals surface area contributed by atoms with Crippen molar-refractivity contribution in [1.29, 1.82) is 0 Å². The predicted molar refractivity (Wildman–Crippen MR) is 54.8 cm³/mol. The van der Waals surface area contributed by atoms with Crippen molar-refractivity contribution in [2.24, 2.45) is 0 Å². The van der Waals surface area contributed by atoms with Crippen molar-refractivity contribution in [3.05, 3.63) is 32.2 Å². The lowest BCUT2D eigenvalue weighted by atomic mass is 10.1. The standard InChI is InChI=1S/C8H7BrCl2O/c1-4(12)8-6(10)2-5(9)3-7(8)11/h2-4,12H,1H3. The van der Waals surface area contributed by atoms with E-state index in [1.165, 1.54) is 0 Å². The van der Waals surface area contributed by atoms with Crippen molar-refractivity contribution in [2.45, 2.75) is 13.0 Å². The van der Waals surface area contributed by atoms with Crippen LogP contribution in [0.1, 0.15) is 18.6 Å². The number of hydrogen-bond donors (Lipinski definition) is 1. The van der Waals surface area contributed by atoms with E-state index in [0.29, 0.717) is 15.6 Å². The summed E-state index contributed by atoms with van der Waals surface area (Å²) in [6.07, 6.45) is -0.641. The minimum Gasteiger partial charge on any atom is -0.389 e. The van der Waals surface area contributed by atoms with Gasteiger partial charge in [0.1, 0.15) is 0 Å². The minimum absolute atomic E-state index is 0.476. The van der Waals surface area contributed by atoms with Gasteiger partial charge in [-0.15, -0.1) is 0 Å². The first-order valence-corrected chi connectivity index (χ1v) is 4.89. The maximum absolute atomic E-state index is 9.29. The van der Waals surface area contributed by atoms with Gasteiger partial charge in [-0.05, 0) is 19.1 Å². The normalized spacial score (nSPS) is 13.1. The molecule has 0 aliphatic carbocycles. The van der Waals surface area contributed by atoms with Crippen LogP contribution in [0.25, 0.3) is 0 Å². The number of benzene rings is 1. The van der Waals surface area contributed by atoms with Crippen LogP contribution in [-0.4, -0.2) is 5.11 Å². The summed E-state index contributed by atoms with van der Waals surface area (Å²) in [7, 11) is 0. The van der Waals surface area contributed by atoms with E-state index in [-0.39, 0.29) is 0 Å². The summed E-state index contributed by atoms with van der Waals surface area (Å²) in [6.45, 7) is 1.63. The first-order valence-electron chi connectivity index (χ1n) is 3.35. The number of halogens is 3. The molecular weight excluding hydrogens is 263 g/mol. The van der Waals surface area contributed by atoms with Crippen molar-refractivity contribution in [1.82, 2.24) is 0 Å². The zero-order chi connectivity index (χ0) is 9.30. The molecule has 0 aromatic heterocycles. The van der Waals surface area contributed by atoms with E-state index in [2.05, 4.69) is 15.9 Å². The van der Waals surface area contributed by atoms with E-state index in [9.17, 15) is 5.11 Å². The molecule has 66 valence electrons. The van der Waals surface area contributed by atoms with Gasteiger partial charge >= 0.3 is 0 Å². The van der Waals surface area contributed by atoms with Crippen molar-refractivity contribution < 1.29 is 5.11 Å². The van der Waals surface area contributed by atoms with Crippen LogP contribution in [0.4, 0.5) is 0 Å². The highest BCUT2D eigenvalue weighted by Gasteiger charge is 2.11. The molecule has 1 N–H and O–H groups in total. The Morgan fingerprint density at radius 2 is 1.75 bits per heavy atom. The van der Waals surface area contributed by atoms with Crippen LogP contribution >= 0.6 is 39.1 Å². The van der Waals surface area contributed by atoms with Crippen LogP contribution in [0.3, 0.4) is 0 Å². The van der Waals surface area contributed by atoms with E-state index < -0.39 is 6.10 Å². The van der Waals surface area contributed by atoms with Crippen LogP contribution in [0, 0.1) is 0 Å². The number of hydrogen-bond acceptors (Lipinski definition) is 1. The Morgan fingerprint density at radius 1 is 1.33 bits per heavy atom. The minimum atomic E-state index is -0.641. The summed E-state index contributed by atoms with van der Waals surface area (Å²) in [5, 5.41) is 10.2. The van der Waals surface area contributed by atoms with Crippen molar-refractivity contribution in [2.75, 3.05) is 0 Å². The van der Waals surface area contributed by atoms with Gasteiger partial charge in [0.15, 0.2) is 0 Å². The van der Waals surface area contributed by atoms with Gasteiger partial charge in [0.2, 0.25) is 0 Å². The van der Waals surface area contributed by atoms with Gasteiger partial charge in [0.05, 0.1) is 6.10 Å². The van der Waals surface area contributed by atoms with Gasteiger partial charge < -0.3 is 5.11 Å². The quantitative estimate of drug-likeness (QED) is 0.822. The predicted octanol–water partition coefficient (Wildman–Crippen LogP) is 3.81. The molecule has 0 saturated heterocycles. The summed E-state index contributed by atoms with van der Waals surface area (Å²) in [6, 6.07) is 3.41. The van der Waals surface area contributed by atoms with Crippen LogP contribution < -0.4 is 0 Å². The fraction of sp³-hybridized carbons (Fsp3) is 0.250. The number of rotatable bonds is 1. The molecule has 0 amide bonds. The summed E-state index contributed by atoms with van der Waals surface area (Å²) in [5.74, 6) is 0. The van der Waals surface area contributed by atoms with Crippen LogP contribution in [-0.2, 0) is 0 Å². The highest BCUT2D eigenvalue weighted by atomic mass is 79.9. The van der Waals surface area contributed by atoms with Crippen LogP contribution in [0.15, 0.2) is 16.6 Å². The van der Waals surface area contributed by atoms with Crippen molar-refractivity contribution in [3.8, 4) is 0 Å². The van der Waals surface area contributed by atoms with E-state index >= 15 is 0 Å². The summed E-state index contributed by atoms with van der Waals surface area (Å²) >= 11 is 15.0. The first kappa shape index (κ1) is 10.3. The second-order valence-electron chi connectivity index (χ2n) is 2.46. The highest BCUT2D eigenvalue weighted by Crippen LogP contribution is 2.33.